The van der Waals surface area contributed by atoms with Gasteiger partial charge in [0.25, 0.3) is 0 Å². The molecule has 0 saturated carbocycles. The third-order valence-corrected chi connectivity index (χ3v) is 2.03. The molecule has 15 heavy (non-hydrogen) atoms. The predicted molar refractivity (Wildman–Crippen MR) is 52.5 cm³/mol. The second kappa shape index (κ2) is 3.68. The Labute approximate surface area is 85.8 Å². The fraction of sp³-hybridized carbons (Fsp3) is 0.300. The number of hydrogen-bond donors (Lipinski definition) is 1. The number of aromatic nitrogens is 2. The van der Waals surface area contributed by atoms with Crippen LogP contribution in [0, 0.1) is 0 Å². The van der Waals surface area contributed by atoms with Gasteiger partial charge in [-0.2, -0.15) is 4.98 Å². The smallest absolute Gasteiger partial charge is 0.311 e. The second-order valence-electron chi connectivity index (χ2n) is 3.18. The number of hydrogen-bond acceptors (Lipinski definition) is 4. The van der Waals surface area contributed by atoms with E-state index in [1.165, 1.54) is 0 Å². The van der Waals surface area contributed by atoms with Crippen LogP contribution in [0.15, 0.2) is 16.7 Å². The SMILES string of the molecule is CCc1cc2cnc(CC(=O)O)nc2o1. The first-order chi connectivity index (χ1) is 7.19. The molecule has 5 heteroatoms. The summed E-state index contributed by atoms with van der Waals surface area (Å²) in [6, 6.07) is 1.86. The first kappa shape index (κ1) is 9.64. The molecule has 0 radical (unpaired) electrons. The van der Waals surface area contributed by atoms with Gasteiger partial charge in [0.15, 0.2) is 0 Å². The predicted octanol–water partition coefficient (Wildman–Crippen LogP) is 1.41. The van der Waals surface area contributed by atoms with E-state index < -0.39 is 5.97 Å². The number of carboxylic acid groups (broad SMARTS) is 1. The highest BCUT2D eigenvalue weighted by molar-refractivity contribution is 5.74. The third kappa shape index (κ3) is 1.96. The molecule has 0 unspecified atom stereocenters. The zero-order chi connectivity index (χ0) is 10.8. The van der Waals surface area contributed by atoms with E-state index in [0.717, 1.165) is 17.6 Å². The summed E-state index contributed by atoms with van der Waals surface area (Å²) in [5, 5.41) is 9.39. The summed E-state index contributed by atoms with van der Waals surface area (Å²) >= 11 is 0. The van der Waals surface area contributed by atoms with E-state index in [-0.39, 0.29) is 12.2 Å². The molecule has 1 N–H and O–H groups in total. The van der Waals surface area contributed by atoms with Gasteiger partial charge >= 0.3 is 5.97 Å². The van der Waals surface area contributed by atoms with Crippen LogP contribution >= 0.6 is 0 Å². The average molecular weight is 206 g/mol. The van der Waals surface area contributed by atoms with E-state index in [0.29, 0.717) is 5.71 Å². The van der Waals surface area contributed by atoms with Crippen molar-refractivity contribution >= 4 is 17.1 Å². The molecule has 78 valence electrons. The molecule has 0 bridgehead atoms. The Hall–Kier alpha value is -1.91. The minimum absolute atomic E-state index is 0.182. The summed E-state index contributed by atoms with van der Waals surface area (Å²) in [6.45, 7) is 1.98. The molecule has 0 amide bonds. The lowest BCUT2D eigenvalue weighted by atomic mass is 10.3. The number of furan rings is 1. The van der Waals surface area contributed by atoms with Crippen LogP contribution in [0.4, 0.5) is 0 Å². The van der Waals surface area contributed by atoms with E-state index in [2.05, 4.69) is 9.97 Å². The van der Waals surface area contributed by atoms with Crippen LogP contribution in [-0.2, 0) is 17.6 Å². The van der Waals surface area contributed by atoms with E-state index in [1.54, 1.807) is 6.20 Å². The van der Waals surface area contributed by atoms with Crippen molar-refractivity contribution in [1.29, 1.82) is 0 Å². The van der Waals surface area contributed by atoms with Crippen LogP contribution in [0.5, 0.6) is 0 Å². The van der Waals surface area contributed by atoms with Crippen LogP contribution < -0.4 is 0 Å². The zero-order valence-electron chi connectivity index (χ0n) is 8.23. The van der Waals surface area contributed by atoms with Crippen LogP contribution in [0.3, 0.4) is 0 Å². The maximum atomic E-state index is 10.5. The summed E-state index contributed by atoms with van der Waals surface area (Å²) < 4.78 is 5.40. The highest BCUT2D eigenvalue weighted by Gasteiger charge is 2.08. The number of aliphatic carboxylic acids is 1. The van der Waals surface area contributed by atoms with Crippen LogP contribution in [-0.4, -0.2) is 21.0 Å². The molecule has 2 aromatic heterocycles. The van der Waals surface area contributed by atoms with E-state index in [9.17, 15) is 4.79 Å². The van der Waals surface area contributed by atoms with Crippen molar-refractivity contribution < 1.29 is 14.3 Å². The van der Waals surface area contributed by atoms with Gasteiger partial charge in [0, 0.05) is 12.6 Å². The zero-order valence-corrected chi connectivity index (χ0v) is 8.23. The lowest BCUT2D eigenvalue weighted by molar-refractivity contribution is -0.136. The van der Waals surface area contributed by atoms with Gasteiger partial charge in [-0.05, 0) is 6.07 Å². The lowest BCUT2D eigenvalue weighted by Crippen LogP contribution is -2.04. The first-order valence-electron chi connectivity index (χ1n) is 4.65. The van der Waals surface area contributed by atoms with Gasteiger partial charge in [0.05, 0.1) is 5.39 Å². The van der Waals surface area contributed by atoms with Crippen LogP contribution in [0.1, 0.15) is 18.5 Å². The Morgan fingerprint density at radius 3 is 3.07 bits per heavy atom. The Morgan fingerprint density at radius 1 is 1.60 bits per heavy atom. The van der Waals surface area contributed by atoms with Crippen molar-refractivity contribution in [1.82, 2.24) is 9.97 Å². The number of fused-ring (bicyclic) bond motifs is 1. The minimum atomic E-state index is -0.948. The van der Waals surface area contributed by atoms with Gasteiger partial charge < -0.3 is 9.52 Å². The van der Waals surface area contributed by atoms with Crippen molar-refractivity contribution in [3.05, 3.63) is 23.8 Å². The Kier molecular flexibility index (Phi) is 2.37. The monoisotopic (exact) mass is 206 g/mol. The fourth-order valence-corrected chi connectivity index (χ4v) is 1.31. The summed E-state index contributed by atoms with van der Waals surface area (Å²) in [4.78, 5) is 18.4. The number of aryl methyl sites for hydroxylation is 1. The van der Waals surface area contributed by atoms with Gasteiger partial charge in [-0.15, -0.1) is 0 Å². The molecule has 0 saturated heterocycles. The van der Waals surface area contributed by atoms with Crippen molar-refractivity contribution in [2.75, 3.05) is 0 Å². The van der Waals surface area contributed by atoms with Crippen molar-refractivity contribution in [3.63, 3.8) is 0 Å². The largest absolute Gasteiger partial charge is 0.481 e. The van der Waals surface area contributed by atoms with Gasteiger partial charge in [-0.25, -0.2) is 4.98 Å². The van der Waals surface area contributed by atoms with Crippen molar-refractivity contribution in [2.45, 2.75) is 19.8 Å². The van der Waals surface area contributed by atoms with E-state index in [1.807, 2.05) is 13.0 Å². The van der Waals surface area contributed by atoms with Crippen molar-refractivity contribution in [2.24, 2.45) is 0 Å². The molecule has 2 heterocycles. The molecule has 0 aromatic carbocycles. The standard InChI is InChI=1S/C10H10N2O3/c1-2-7-3-6-5-11-8(4-9(13)14)12-10(6)15-7/h3,5H,2,4H2,1H3,(H,13,14). The third-order valence-electron chi connectivity index (χ3n) is 2.03. The van der Waals surface area contributed by atoms with Crippen LogP contribution in [0.25, 0.3) is 11.1 Å². The maximum Gasteiger partial charge on any atom is 0.311 e. The second-order valence-corrected chi connectivity index (χ2v) is 3.18. The molecule has 0 spiro atoms. The lowest BCUT2D eigenvalue weighted by Gasteiger charge is -1.93. The van der Waals surface area contributed by atoms with E-state index in [4.69, 9.17) is 9.52 Å². The highest BCUT2D eigenvalue weighted by Crippen LogP contribution is 2.16. The normalized spacial score (nSPS) is 10.7. The summed E-state index contributed by atoms with van der Waals surface area (Å²) in [5.74, 6) is 0.149. The van der Waals surface area contributed by atoms with Crippen LogP contribution in [0.2, 0.25) is 0 Å². The highest BCUT2D eigenvalue weighted by atomic mass is 16.4. The molecule has 0 aliphatic rings. The average Bonchev–Trinajstić information content (AvgIpc) is 2.58. The van der Waals surface area contributed by atoms with E-state index >= 15 is 0 Å². The Balaban J connectivity index is 2.41. The minimum Gasteiger partial charge on any atom is -0.481 e. The fourth-order valence-electron chi connectivity index (χ4n) is 1.31. The number of rotatable bonds is 3. The molecule has 0 aliphatic carbocycles. The number of carbonyl (C=O) groups is 1. The summed E-state index contributed by atoms with van der Waals surface area (Å²) in [5.41, 5.74) is 0.457. The quantitative estimate of drug-likeness (QED) is 0.821. The molecule has 2 aromatic rings. The Bertz CT molecular complexity index is 504. The summed E-state index contributed by atoms with van der Waals surface area (Å²) in [7, 11) is 0. The number of nitrogens with zero attached hydrogens (tertiary/aromatic N) is 2. The molecular formula is C10H10N2O3. The van der Waals surface area contributed by atoms with Crippen molar-refractivity contribution in [3.8, 4) is 0 Å². The Morgan fingerprint density at radius 2 is 2.40 bits per heavy atom. The molecule has 0 fully saturated rings. The summed E-state index contributed by atoms with van der Waals surface area (Å²) in [6.07, 6.45) is 2.19. The van der Waals surface area contributed by atoms with Gasteiger partial charge in [0.2, 0.25) is 5.71 Å². The number of carboxylic acids is 1. The first-order valence-corrected chi connectivity index (χ1v) is 4.65. The molecular weight excluding hydrogens is 196 g/mol. The van der Waals surface area contributed by atoms with Gasteiger partial charge in [-0.1, -0.05) is 6.92 Å². The maximum absolute atomic E-state index is 10.5. The molecule has 0 aliphatic heterocycles. The molecule has 0 atom stereocenters. The topological polar surface area (TPSA) is 76.2 Å². The van der Waals surface area contributed by atoms with Gasteiger partial charge in [0.1, 0.15) is 18.0 Å². The van der Waals surface area contributed by atoms with Gasteiger partial charge in [-0.3, -0.25) is 4.79 Å². The molecule has 5 nitrogen and oxygen atoms in total. The molecule has 2 rings (SSSR count).